The van der Waals surface area contributed by atoms with Gasteiger partial charge in [0.1, 0.15) is 5.75 Å². The molecule has 0 fully saturated rings. The van der Waals surface area contributed by atoms with Crippen molar-refractivity contribution in [1.82, 2.24) is 0 Å². The van der Waals surface area contributed by atoms with E-state index in [1.54, 1.807) is 20.1 Å². The molecule has 3 aromatic carbocycles. The first-order valence-corrected chi connectivity index (χ1v) is 9.09. The second-order valence-corrected chi connectivity index (χ2v) is 6.66. The van der Waals surface area contributed by atoms with Crippen LogP contribution in [0.1, 0.15) is 18.1 Å². The van der Waals surface area contributed by atoms with E-state index in [0.717, 1.165) is 21.9 Å². The van der Waals surface area contributed by atoms with Crippen molar-refractivity contribution in [2.24, 2.45) is 0 Å². The highest BCUT2D eigenvalue weighted by Gasteiger charge is 2.18. The van der Waals surface area contributed by atoms with Crippen molar-refractivity contribution >= 4 is 28.3 Å². The Hall–Kier alpha value is -3.34. The maximum absolute atomic E-state index is 12.4. The second-order valence-electron chi connectivity index (χ2n) is 6.66. The molecule has 3 rings (SSSR count). The molecule has 0 spiro atoms. The third-order valence-electron chi connectivity index (χ3n) is 4.52. The van der Waals surface area contributed by atoms with E-state index >= 15 is 0 Å². The maximum atomic E-state index is 12.4. The van der Waals surface area contributed by atoms with Gasteiger partial charge in [-0.1, -0.05) is 42.5 Å². The molecule has 0 aromatic heterocycles. The minimum atomic E-state index is -0.897. The maximum Gasteiger partial charge on any atom is 0.311 e. The lowest BCUT2D eigenvalue weighted by atomic mass is 10.1. The average Bonchev–Trinajstić information content (AvgIpc) is 2.69. The smallest absolute Gasteiger partial charge is 0.311 e. The molecule has 144 valence electrons. The predicted molar refractivity (Wildman–Crippen MR) is 110 cm³/mol. The minimum Gasteiger partial charge on any atom is -0.496 e. The van der Waals surface area contributed by atoms with Crippen molar-refractivity contribution in [2.45, 2.75) is 26.4 Å². The van der Waals surface area contributed by atoms with Crippen molar-refractivity contribution in [1.29, 1.82) is 0 Å². The van der Waals surface area contributed by atoms with Crippen LogP contribution >= 0.6 is 0 Å². The summed E-state index contributed by atoms with van der Waals surface area (Å²) in [5.74, 6) is -0.121. The van der Waals surface area contributed by atoms with Crippen LogP contribution in [0, 0.1) is 6.92 Å². The number of rotatable bonds is 6. The average molecular weight is 377 g/mol. The quantitative estimate of drug-likeness (QED) is 0.652. The molecule has 0 aliphatic carbocycles. The molecule has 5 nitrogen and oxygen atoms in total. The summed E-state index contributed by atoms with van der Waals surface area (Å²) in [7, 11) is 1.59. The Bertz CT molecular complexity index is 1010. The van der Waals surface area contributed by atoms with Crippen LogP contribution in [-0.2, 0) is 20.7 Å². The molecular weight excluding hydrogens is 354 g/mol. The Balaban J connectivity index is 1.59. The predicted octanol–water partition coefficient (Wildman–Crippen LogP) is 4.27. The Morgan fingerprint density at radius 1 is 1.00 bits per heavy atom. The van der Waals surface area contributed by atoms with E-state index < -0.39 is 12.1 Å². The van der Waals surface area contributed by atoms with Crippen LogP contribution in [0.15, 0.2) is 60.7 Å². The molecule has 3 aromatic rings. The highest BCUT2D eigenvalue weighted by Crippen LogP contribution is 2.20. The molecule has 0 saturated carbocycles. The summed E-state index contributed by atoms with van der Waals surface area (Å²) in [4.78, 5) is 24.6. The van der Waals surface area contributed by atoms with Gasteiger partial charge in [-0.2, -0.15) is 0 Å². The van der Waals surface area contributed by atoms with E-state index in [4.69, 9.17) is 9.47 Å². The van der Waals surface area contributed by atoms with E-state index in [9.17, 15) is 9.59 Å². The number of ether oxygens (including phenoxy) is 2. The van der Waals surface area contributed by atoms with Crippen molar-refractivity contribution in [3.05, 3.63) is 71.8 Å². The van der Waals surface area contributed by atoms with Gasteiger partial charge in [-0.15, -0.1) is 0 Å². The third kappa shape index (κ3) is 4.68. The lowest BCUT2D eigenvalue weighted by Crippen LogP contribution is -2.30. The zero-order valence-electron chi connectivity index (χ0n) is 16.2. The molecule has 1 atom stereocenters. The lowest BCUT2D eigenvalue weighted by Gasteiger charge is -2.14. The van der Waals surface area contributed by atoms with Crippen molar-refractivity contribution in [3.63, 3.8) is 0 Å². The number of esters is 1. The summed E-state index contributed by atoms with van der Waals surface area (Å²) in [6, 6.07) is 19.1. The lowest BCUT2D eigenvalue weighted by molar-refractivity contribution is -0.152. The Morgan fingerprint density at radius 3 is 2.50 bits per heavy atom. The molecule has 5 heteroatoms. The molecule has 0 aliphatic rings. The summed E-state index contributed by atoms with van der Waals surface area (Å²) in [5.41, 5.74) is 2.42. The van der Waals surface area contributed by atoms with Crippen LogP contribution in [0.3, 0.4) is 0 Å². The second kappa shape index (κ2) is 8.57. The number of fused-ring (bicyclic) bond motifs is 1. The van der Waals surface area contributed by atoms with Crippen LogP contribution in [0.4, 0.5) is 5.69 Å². The van der Waals surface area contributed by atoms with Gasteiger partial charge in [0.2, 0.25) is 0 Å². The van der Waals surface area contributed by atoms with Gasteiger partial charge in [-0.05, 0) is 53.9 Å². The monoisotopic (exact) mass is 377 g/mol. The van der Waals surface area contributed by atoms with Gasteiger partial charge in [-0.25, -0.2) is 0 Å². The first kappa shape index (κ1) is 19.4. The molecule has 28 heavy (non-hydrogen) atoms. The van der Waals surface area contributed by atoms with Crippen LogP contribution in [-0.4, -0.2) is 25.1 Å². The van der Waals surface area contributed by atoms with Gasteiger partial charge in [0.15, 0.2) is 6.10 Å². The first-order chi connectivity index (χ1) is 13.5. The van der Waals surface area contributed by atoms with Crippen molar-refractivity contribution in [3.8, 4) is 5.75 Å². The third-order valence-corrected chi connectivity index (χ3v) is 4.52. The summed E-state index contributed by atoms with van der Waals surface area (Å²) in [5, 5.41) is 4.91. The number of carbonyl (C=O) groups is 2. The van der Waals surface area contributed by atoms with E-state index in [1.165, 1.54) is 0 Å². The molecule has 1 unspecified atom stereocenters. The molecule has 0 aliphatic heterocycles. The van der Waals surface area contributed by atoms with Crippen molar-refractivity contribution in [2.75, 3.05) is 12.4 Å². The number of methoxy groups -OCH3 is 1. The first-order valence-electron chi connectivity index (χ1n) is 9.09. The van der Waals surface area contributed by atoms with E-state index in [2.05, 4.69) is 5.32 Å². The van der Waals surface area contributed by atoms with Crippen LogP contribution < -0.4 is 10.1 Å². The number of amides is 1. The van der Waals surface area contributed by atoms with Crippen LogP contribution in [0.5, 0.6) is 5.75 Å². The van der Waals surface area contributed by atoms with Gasteiger partial charge in [0.25, 0.3) is 5.91 Å². The van der Waals surface area contributed by atoms with Gasteiger partial charge < -0.3 is 14.8 Å². The summed E-state index contributed by atoms with van der Waals surface area (Å²) in [6.45, 7) is 3.49. The highest BCUT2D eigenvalue weighted by atomic mass is 16.5. The number of hydrogen-bond donors (Lipinski definition) is 1. The molecule has 0 radical (unpaired) electrons. The molecule has 1 amide bonds. The molecule has 0 saturated heterocycles. The van der Waals surface area contributed by atoms with Crippen LogP contribution in [0.2, 0.25) is 0 Å². The number of benzene rings is 3. The van der Waals surface area contributed by atoms with Crippen LogP contribution in [0.25, 0.3) is 10.8 Å². The largest absolute Gasteiger partial charge is 0.496 e. The Morgan fingerprint density at radius 2 is 1.75 bits per heavy atom. The normalized spacial score (nSPS) is 11.7. The van der Waals surface area contributed by atoms with E-state index in [1.807, 2.05) is 61.5 Å². The fourth-order valence-electron chi connectivity index (χ4n) is 2.94. The summed E-state index contributed by atoms with van der Waals surface area (Å²) < 4.78 is 10.6. The zero-order chi connectivity index (χ0) is 20.1. The van der Waals surface area contributed by atoms with Gasteiger partial charge >= 0.3 is 5.97 Å². The minimum absolute atomic E-state index is 0.0736. The SMILES string of the molecule is COc1cc(CC(=O)OC(C)C(=O)Nc2ccc3ccccc3c2)ccc1C. The summed E-state index contributed by atoms with van der Waals surface area (Å²) >= 11 is 0. The fourth-order valence-corrected chi connectivity index (χ4v) is 2.94. The molecule has 0 heterocycles. The molecule has 1 N–H and O–H groups in total. The topological polar surface area (TPSA) is 64.6 Å². The standard InChI is InChI=1S/C23H23NO4/c1-15-8-9-17(12-21(15)27-3)13-22(25)28-16(2)23(26)24-20-11-10-18-6-4-5-7-19(18)14-20/h4-12,14,16H,13H2,1-3H3,(H,24,26). The van der Waals surface area contributed by atoms with Crippen molar-refractivity contribution < 1.29 is 19.1 Å². The number of anilines is 1. The number of hydrogen-bond acceptors (Lipinski definition) is 4. The molecular formula is C23H23NO4. The summed E-state index contributed by atoms with van der Waals surface area (Å²) in [6.07, 6.45) is -0.823. The number of nitrogens with one attached hydrogen (secondary N) is 1. The number of aryl methyl sites for hydroxylation is 1. The van der Waals surface area contributed by atoms with E-state index in [0.29, 0.717) is 11.4 Å². The van der Waals surface area contributed by atoms with Gasteiger partial charge in [-0.3, -0.25) is 9.59 Å². The van der Waals surface area contributed by atoms with Gasteiger partial charge in [0, 0.05) is 5.69 Å². The zero-order valence-corrected chi connectivity index (χ0v) is 16.2. The van der Waals surface area contributed by atoms with Gasteiger partial charge in [0.05, 0.1) is 13.5 Å². The van der Waals surface area contributed by atoms with E-state index in [-0.39, 0.29) is 12.3 Å². The number of carbonyl (C=O) groups excluding carboxylic acids is 2. The Labute approximate surface area is 164 Å². The Kier molecular flexibility index (Phi) is 5.94. The molecule has 0 bridgehead atoms. The fraction of sp³-hybridized carbons (Fsp3) is 0.217. The highest BCUT2D eigenvalue weighted by molar-refractivity contribution is 5.97.